The molecule has 8 nitrogen and oxygen atoms in total. The first-order chi connectivity index (χ1) is 12.8. The first-order valence-corrected chi connectivity index (χ1v) is 11.1. The number of aliphatic carboxylic acids is 1. The van der Waals surface area contributed by atoms with E-state index in [0.717, 1.165) is 5.56 Å². The van der Waals surface area contributed by atoms with Crippen LogP contribution in [0.2, 0.25) is 0 Å². The maximum Gasteiger partial charge on any atom is 0.274 e. The molecule has 0 bridgehead atoms. The summed E-state index contributed by atoms with van der Waals surface area (Å²) in [5, 5.41) is 10.7. The van der Waals surface area contributed by atoms with Crippen LogP contribution in [0.1, 0.15) is 5.56 Å². The average Bonchev–Trinajstić information content (AvgIpc) is 3.04. The van der Waals surface area contributed by atoms with Gasteiger partial charge in [0.2, 0.25) is 0 Å². The van der Waals surface area contributed by atoms with Gasteiger partial charge in [-0.1, -0.05) is 42.1 Å². The summed E-state index contributed by atoms with van der Waals surface area (Å²) >= 11 is 1.29. The summed E-state index contributed by atoms with van der Waals surface area (Å²) < 4.78 is 28.7. The van der Waals surface area contributed by atoms with Crippen LogP contribution in [0.5, 0.6) is 0 Å². The lowest BCUT2D eigenvalue weighted by Crippen LogP contribution is -2.39. The SMILES string of the molecule is O=C([O-])COCC(=O)N=C1S[C@@H]2CS(=O)(=O)C[C@@H]2N1CCc1ccccc1. The Hall–Kier alpha value is -1.91. The van der Waals surface area contributed by atoms with Crippen molar-refractivity contribution in [2.75, 3.05) is 31.3 Å². The van der Waals surface area contributed by atoms with Gasteiger partial charge in [0.1, 0.15) is 6.61 Å². The number of aliphatic imine (C=N–C) groups is 1. The fraction of sp³-hybridized carbons (Fsp3) is 0.471. The largest absolute Gasteiger partial charge is 0.548 e. The molecule has 2 heterocycles. The quantitative estimate of drug-likeness (QED) is 0.566. The van der Waals surface area contributed by atoms with Crippen molar-refractivity contribution in [1.29, 1.82) is 0 Å². The monoisotopic (exact) mass is 411 g/mol. The average molecular weight is 411 g/mol. The zero-order valence-corrected chi connectivity index (χ0v) is 16.1. The van der Waals surface area contributed by atoms with Crippen molar-refractivity contribution in [2.24, 2.45) is 4.99 Å². The van der Waals surface area contributed by atoms with E-state index in [4.69, 9.17) is 4.74 Å². The molecule has 0 unspecified atom stereocenters. The number of sulfone groups is 1. The molecule has 2 aliphatic heterocycles. The summed E-state index contributed by atoms with van der Waals surface area (Å²) in [5.74, 6) is -1.90. The van der Waals surface area contributed by atoms with Crippen molar-refractivity contribution in [3.63, 3.8) is 0 Å². The minimum atomic E-state index is -3.10. The Morgan fingerprint density at radius 1 is 1.22 bits per heavy atom. The number of benzene rings is 1. The number of amidine groups is 1. The van der Waals surface area contributed by atoms with E-state index in [0.29, 0.717) is 18.1 Å². The van der Waals surface area contributed by atoms with Crippen LogP contribution in [0.25, 0.3) is 0 Å². The molecule has 2 aliphatic rings. The van der Waals surface area contributed by atoms with Crippen LogP contribution in [0, 0.1) is 0 Å². The molecule has 2 saturated heterocycles. The van der Waals surface area contributed by atoms with Crippen molar-refractivity contribution >= 4 is 38.6 Å². The van der Waals surface area contributed by atoms with Crippen LogP contribution in [0.15, 0.2) is 35.3 Å². The third-order valence-electron chi connectivity index (χ3n) is 4.32. The van der Waals surface area contributed by atoms with Crippen molar-refractivity contribution in [3.05, 3.63) is 35.9 Å². The van der Waals surface area contributed by atoms with E-state index in [-0.39, 0.29) is 22.8 Å². The summed E-state index contributed by atoms with van der Waals surface area (Å²) in [5.41, 5.74) is 1.11. The molecule has 0 saturated carbocycles. The Kier molecular flexibility index (Phi) is 6.18. The lowest BCUT2D eigenvalue weighted by atomic mass is 10.1. The molecule has 10 heteroatoms. The van der Waals surface area contributed by atoms with E-state index in [1.165, 1.54) is 11.8 Å². The number of ether oxygens (including phenoxy) is 1. The first-order valence-electron chi connectivity index (χ1n) is 8.41. The molecule has 0 aromatic heterocycles. The Morgan fingerprint density at radius 3 is 2.67 bits per heavy atom. The molecule has 0 spiro atoms. The van der Waals surface area contributed by atoms with Crippen molar-refractivity contribution < 1.29 is 27.9 Å². The molecule has 146 valence electrons. The van der Waals surface area contributed by atoms with Crippen LogP contribution >= 0.6 is 11.8 Å². The number of hydrogen-bond acceptors (Lipinski definition) is 7. The highest BCUT2D eigenvalue weighted by atomic mass is 32.2. The van der Waals surface area contributed by atoms with E-state index >= 15 is 0 Å². The first kappa shape index (κ1) is 19.8. The number of carboxylic acids is 1. The molecule has 0 radical (unpaired) electrons. The van der Waals surface area contributed by atoms with Crippen LogP contribution in [0.4, 0.5) is 0 Å². The Bertz CT molecular complexity index is 840. The second-order valence-corrected chi connectivity index (χ2v) is 9.74. The van der Waals surface area contributed by atoms with Gasteiger partial charge in [-0.3, -0.25) is 4.79 Å². The molecule has 1 amide bonds. The Balaban J connectivity index is 1.70. The number of rotatable bonds is 7. The zero-order valence-electron chi connectivity index (χ0n) is 14.4. The predicted molar refractivity (Wildman–Crippen MR) is 98.9 cm³/mol. The van der Waals surface area contributed by atoms with Gasteiger partial charge in [-0.15, -0.1) is 0 Å². The lowest BCUT2D eigenvalue weighted by molar-refractivity contribution is -0.309. The van der Waals surface area contributed by atoms with E-state index in [1.54, 1.807) is 0 Å². The molecule has 1 aromatic rings. The number of nitrogens with zero attached hydrogens (tertiary/aromatic N) is 2. The lowest BCUT2D eigenvalue weighted by Gasteiger charge is -2.24. The molecular weight excluding hydrogens is 392 g/mol. The van der Waals surface area contributed by atoms with Gasteiger partial charge in [-0.05, 0) is 12.0 Å². The van der Waals surface area contributed by atoms with Crippen LogP contribution in [-0.2, 0) is 30.6 Å². The molecular formula is C17H19N2O6S2-. The van der Waals surface area contributed by atoms with Crippen molar-refractivity contribution in [2.45, 2.75) is 17.7 Å². The zero-order chi connectivity index (χ0) is 19.4. The normalized spacial score (nSPS) is 24.9. The van der Waals surface area contributed by atoms with Gasteiger partial charge in [0.15, 0.2) is 15.0 Å². The van der Waals surface area contributed by atoms with Crippen LogP contribution in [-0.4, -0.2) is 72.9 Å². The molecule has 0 aliphatic carbocycles. The third-order valence-corrected chi connectivity index (χ3v) is 7.57. The van der Waals surface area contributed by atoms with Gasteiger partial charge in [0.25, 0.3) is 5.91 Å². The molecule has 0 N–H and O–H groups in total. The second kappa shape index (κ2) is 8.41. The van der Waals surface area contributed by atoms with Gasteiger partial charge < -0.3 is 19.5 Å². The fourth-order valence-electron chi connectivity index (χ4n) is 3.15. The highest BCUT2D eigenvalue weighted by Crippen LogP contribution is 2.38. The molecule has 27 heavy (non-hydrogen) atoms. The Morgan fingerprint density at radius 2 is 1.96 bits per heavy atom. The standard InChI is InChI=1S/C17H20N2O6S2/c20-15(8-25-9-16(21)22)18-17-19(7-6-12-4-2-1-3-5-12)13-10-27(23,24)11-14(13)26-17/h1-5,13-14H,6-11H2,(H,21,22)/p-1/t13-,14+/m0/s1. The van der Waals surface area contributed by atoms with E-state index in [9.17, 15) is 23.1 Å². The summed E-state index contributed by atoms with van der Waals surface area (Å²) in [4.78, 5) is 28.2. The topological polar surface area (TPSA) is 116 Å². The molecule has 3 rings (SSSR count). The van der Waals surface area contributed by atoms with Gasteiger partial charge in [0.05, 0.1) is 30.1 Å². The van der Waals surface area contributed by atoms with Gasteiger partial charge >= 0.3 is 0 Å². The number of carbonyl (C=O) groups is 2. The number of hydrogen-bond donors (Lipinski definition) is 0. The molecule has 2 fully saturated rings. The minimum Gasteiger partial charge on any atom is -0.548 e. The van der Waals surface area contributed by atoms with Gasteiger partial charge in [0, 0.05) is 11.8 Å². The van der Waals surface area contributed by atoms with E-state index in [2.05, 4.69) is 4.99 Å². The molecule has 2 atom stereocenters. The minimum absolute atomic E-state index is 0.0495. The van der Waals surface area contributed by atoms with E-state index < -0.39 is 34.9 Å². The van der Waals surface area contributed by atoms with Gasteiger partial charge in [-0.25, -0.2) is 8.42 Å². The summed E-state index contributed by atoms with van der Waals surface area (Å²) in [6.07, 6.45) is 0.694. The maximum atomic E-state index is 12.0. The summed E-state index contributed by atoms with van der Waals surface area (Å²) in [7, 11) is -3.10. The summed E-state index contributed by atoms with van der Waals surface area (Å²) in [6, 6.07) is 9.56. The van der Waals surface area contributed by atoms with Crippen molar-refractivity contribution in [1.82, 2.24) is 4.90 Å². The van der Waals surface area contributed by atoms with Gasteiger partial charge in [-0.2, -0.15) is 4.99 Å². The van der Waals surface area contributed by atoms with Crippen LogP contribution in [0.3, 0.4) is 0 Å². The van der Waals surface area contributed by atoms with E-state index in [1.807, 2.05) is 35.2 Å². The number of thioether (sulfide) groups is 1. The summed E-state index contributed by atoms with van der Waals surface area (Å²) in [6.45, 7) is -0.594. The predicted octanol–water partition coefficient (Wildman–Crippen LogP) is -0.907. The number of fused-ring (bicyclic) bond motifs is 1. The third kappa shape index (κ3) is 5.30. The fourth-order valence-corrected chi connectivity index (χ4v) is 7.15. The molecule has 1 aromatic carbocycles. The number of amides is 1. The highest BCUT2D eigenvalue weighted by molar-refractivity contribution is 8.15. The number of carboxylic acid groups (broad SMARTS) is 1. The number of carbonyl (C=O) groups excluding carboxylic acids is 2. The second-order valence-electron chi connectivity index (χ2n) is 6.38. The van der Waals surface area contributed by atoms with Crippen LogP contribution < -0.4 is 5.11 Å². The van der Waals surface area contributed by atoms with Crippen molar-refractivity contribution in [3.8, 4) is 0 Å². The highest BCUT2D eigenvalue weighted by Gasteiger charge is 2.48. The maximum absolute atomic E-state index is 12.0. The Labute approximate surface area is 161 Å². The smallest absolute Gasteiger partial charge is 0.274 e.